The molecule has 0 amide bonds. The summed E-state index contributed by atoms with van der Waals surface area (Å²) in [5.74, 6) is 0.505. The van der Waals surface area contributed by atoms with Crippen molar-refractivity contribution in [2.75, 3.05) is 20.0 Å². The molecule has 0 aliphatic carbocycles. The van der Waals surface area contributed by atoms with Crippen molar-refractivity contribution < 1.29 is 18.6 Å². The molecular weight excluding hydrogens is 261 g/mol. The Morgan fingerprint density at radius 1 is 1.10 bits per heavy atom. The van der Waals surface area contributed by atoms with E-state index in [4.69, 9.17) is 19.9 Å². The van der Waals surface area contributed by atoms with E-state index in [0.29, 0.717) is 18.1 Å². The molecule has 0 atom stereocenters. The van der Waals surface area contributed by atoms with E-state index >= 15 is 0 Å². The number of ether oxygens (including phenoxy) is 3. The summed E-state index contributed by atoms with van der Waals surface area (Å²) in [5.41, 5.74) is 6.92. The lowest BCUT2D eigenvalue weighted by Crippen LogP contribution is -1.97. The molecule has 0 aliphatic rings. The van der Waals surface area contributed by atoms with Crippen LogP contribution in [-0.4, -0.2) is 14.2 Å². The lowest BCUT2D eigenvalue weighted by atomic mass is 10.2. The maximum atomic E-state index is 13.5. The molecule has 20 heavy (non-hydrogen) atoms. The highest BCUT2D eigenvalue weighted by atomic mass is 19.1. The van der Waals surface area contributed by atoms with Gasteiger partial charge in [0.1, 0.15) is 5.75 Å². The van der Waals surface area contributed by atoms with Gasteiger partial charge in [0.2, 0.25) is 0 Å². The minimum absolute atomic E-state index is 0.0854. The third-order valence-electron chi connectivity index (χ3n) is 2.72. The molecule has 4 nitrogen and oxygen atoms in total. The number of anilines is 1. The van der Waals surface area contributed by atoms with Gasteiger partial charge in [0.25, 0.3) is 0 Å². The molecule has 5 heteroatoms. The van der Waals surface area contributed by atoms with Crippen molar-refractivity contribution in [3.63, 3.8) is 0 Å². The fourth-order valence-corrected chi connectivity index (χ4v) is 1.79. The smallest absolute Gasteiger partial charge is 0.167 e. The highest BCUT2D eigenvalue weighted by Gasteiger charge is 2.10. The molecule has 0 radical (unpaired) electrons. The van der Waals surface area contributed by atoms with E-state index in [2.05, 4.69) is 0 Å². The van der Waals surface area contributed by atoms with Crippen molar-refractivity contribution in [3.8, 4) is 17.2 Å². The van der Waals surface area contributed by atoms with Gasteiger partial charge in [-0.1, -0.05) is 12.1 Å². The maximum absolute atomic E-state index is 13.5. The minimum atomic E-state index is -0.523. The van der Waals surface area contributed by atoms with E-state index in [1.165, 1.54) is 19.2 Å². The molecule has 0 spiro atoms. The fourth-order valence-electron chi connectivity index (χ4n) is 1.79. The topological polar surface area (TPSA) is 53.7 Å². The molecule has 0 bridgehead atoms. The van der Waals surface area contributed by atoms with Crippen molar-refractivity contribution >= 4 is 5.69 Å². The van der Waals surface area contributed by atoms with Crippen molar-refractivity contribution in [2.24, 2.45) is 0 Å². The van der Waals surface area contributed by atoms with E-state index in [0.717, 1.165) is 5.56 Å². The average molecular weight is 277 g/mol. The Bertz CT molecular complexity index is 602. The standard InChI is InChI=1S/C15H16FNO3/c1-18-9-10-4-3-5-11(6-10)20-15-8-14(19-2)12(16)7-13(15)17/h3-8H,9,17H2,1-2H3. The first kappa shape index (κ1) is 14.1. The minimum Gasteiger partial charge on any atom is -0.494 e. The number of nitrogen functional groups attached to an aromatic ring is 1. The fraction of sp³-hybridized carbons (Fsp3) is 0.200. The first-order valence-electron chi connectivity index (χ1n) is 6.02. The molecule has 0 aliphatic heterocycles. The molecule has 2 aromatic rings. The van der Waals surface area contributed by atoms with Crippen LogP contribution in [0.5, 0.6) is 17.2 Å². The first-order chi connectivity index (χ1) is 9.63. The summed E-state index contributed by atoms with van der Waals surface area (Å²) in [4.78, 5) is 0. The van der Waals surface area contributed by atoms with Gasteiger partial charge in [-0.3, -0.25) is 0 Å². The summed E-state index contributed by atoms with van der Waals surface area (Å²) in [6.45, 7) is 0.486. The lowest BCUT2D eigenvalue weighted by Gasteiger charge is -2.11. The van der Waals surface area contributed by atoms with Gasteiger partial charge in [-0.2, -0.15) is 0 Å². The molecule has 0 aromatic heterocycles. The summed E-state index contributed by atoms with van der Waals surface area (Å²) in [6, 6.07) is 9.99. The highest BCUT2D eigenvalue weighted by Crippen LogP contribution is 2.33. The van der Waals surface area contributed by atoms with Crippen LogP contribution in [0.4, 0.5) is 10.1 Å². The quantitative estimate of drug-likeness (QED) is 0.851. The molecule has 0 heterocycles. The molecule has 0 unspecified atom stereocenters. The Morgan fingerprint density at radius 2 is 1.90 bits per heavy atom. The second-order valence-corrected chi connectivity index (χ2v) is 4.21. The lowest BCUT2D eigenvalue weighted by molar-refractivity contribution is 0.184. The van der Waals surface area contributed by atoms with E-state index in [1.54, 1.807) is 13.2 Å². The maximum Gasteiger partial charge on any atom is 0.167 e. The number of halogens is 1. The molecule has 106 valence electrons. The zero-order chi connectivity index (χ0) is 14.5. The van der Waals surface area contributed by atoms with Crippen LogP contribution in [-0.2, 0) is 11.3 Å². The highest BCUT2D eigenvalue weighted by molar-refractivity contribution is 5.57. The Morgan fingerprint density at radius 3 is 2.60 bits per heavy atom. The number of hydrogen-bond donors (Lipinski definition) is 1. The predicted molar refractivity (Wildman–Crippen MR) is 74.6 cm³/mol. The van der Waals surface area contributed by atoms with Crippen molar-refractivity contribution in [1.82, 2.24) is 0 Å². The van der Waals surface area contributed by atoms with E-state index in [1.807, 2.05) is 18.2 Å². The van der Waals surface area contributed by atoms with Crippen LogP contribution in [0.25, 0.3) is 0 Å². The van der Waals surface area contributed by atoms with E-state index in [-0.39, 0.29) is 11.4 Å². The summed E-state index contributed by atoms with van der Waals surface area (Å²) in [6.07, 6.45) is 0. The average Bonchev–Trinajstić information content (AvgIpc) is 2.43. The largest absolute Gasteiger partial charge is 0.494 e. The van der Waals surface area contributed by atoms with Crippen molar-refractivity contribution in [1.29, 1.82) is 0 Å². The molecule has 2 aromatic carbocycles. The van der Waals surface area contributed by atoms with Gasteiger partial charge in [-0.25, -0.2) is 4.39 Å². The number of hydrogen-bond acceptors (Lipinski definition) is 4. The van der Waals surface area contributed by atoms with Gasteiger partial charge in [0, 0.05) is 19.2 Å². The molecular formula is C15H16FNO3. The number of rotatable bonds is 5. The van der Waals surface area contributed by atoms with Crippen molar-refractivity contribution in [3.05, 3.63) is 47.8 Å². The molecule has 0 saturated heterocycles. The number of methoxy groups -OCH3 is 2. The Hall–Kier alpha value is -2.27. The Balaban J connectivity index is 2.27. The molecule has 0 fully saturated rings. The second kappa shape index (κ2) is 6.25. The summed E-state index contributed by atoms with van der Waals surface area (Å²) in [7, 11) is 3.01. The van der Waals surface area contributed by atoms with Gasteiger partial charge >= 0.3 is 0 Å². The van der Waals surface area contributed by atoms with E-state index in [9.17, 15) is 4.39 Å². The summed E-state index contributed by atoms with van der Waals surface area (Å²) in [5, 5.41) is 0. The van der Waals surface area contributed by atoms with Crippen LogP contribution in [0.2, 0.25) is 0 Å². The predicted octanol–water partition coefficient (Wildman–Crippen LogP) is 3.36. The molecule has 2 rings (SSSR count). The number of benzene rings is 2. The van der Waals surface area contributed by atoms with Gasteiger partial charge in [-0.15, -0.1) is 0 Å². The van der Waals surface area contributed by atoms with Crippen LogP contribution < -0.4 is 15.2 Å². The van der Waals surface area contributed by atoms with Gasteiger partial charge < -0.3 is 19.9 Å². The van der Waals surface area contributed by atoms with Crippen LogP contribution in [0, 0.1) is 5.82 Å². The normalized spacial score (nSPS) is 10.3. The Labute approximate surface area is 116 Å². The SMILES string of the molecule is COCc1cccc(Oc2cc(OC)c(F)cc2N)c1. The van der Waals surface area contributed by atoms with Gasteiger partial charge in [-0.05, 0) is 17.7 Å². The van der Waals surface area contributed by atoms with Crippen LogP contribution in [0.1, 0.15) is 5.56 Å². The zero-order valence-electron chi connectivity index (χ0n) is 11.4. The summed E-state index contributed by atoms with van der Waals surface area (Å²) >= 11 is 0. The summed E-state index contributed by atoms with van der Waals surface area (Å²) < 4.78 is 29.1. The van der Waals surface area contributed by atoms with Crippen LogP contribution >= 0.6 is 0 Å². The van der Waals surface area contributed by atoms with Gasteiger partial charge in [0.05, 0.1) is 19.4 Å². The van der Waals surface area contributed by atoms with E-state index < -0.39 is 5.82 Å². The monoisotopic (exact) mass is 277 g/mol. The first-order valence-corrected chi connectivity index (χ1v) is 6.02. The second-order valence-electron chi connectivity index (χ2n) is 4.21. The zero-order valence-corrected chi connectivity index (χ0v) is 11.4. The number of nitrogens with two attached hydrogens (primary N) is 1. The Kier molecular flexibility index (Phi) is 4.42. The third kappa shape index (κ3) is 3.19. The van der Waals surface area contributed by atoms with Crippen molar-refractivity contribution in [2.45, 2.75) is 6.61 Å². The van der Waals surface area contributed by atoms with Crippen LogP contribution in [0.3, 0.4) is 0 Å². The molecule has 0 saturated carbocycles. The third-order valence-corrected chi connectivity index (χ3v) is 2.72. The van der Waals surface area contributed by atoms with Crippen LogP contribution in [0.15, 0.2) is 36.4 Å². The van der Waals surface area contributed by atoms with Gasteiger partial charge in [0.15, 0.2) is 17.3 Å². The molecule has 2 N–H and O–H groups in total.